The number of hydrogen-bond acceptors (Lipinski definition) is 4. The minimum Gasteiger partial charge on any atom is -0.495 e. The molecule has 0 fully saturated rings. The van der Waals surface area contributed by atoms with Gasteiger partial charge >= 0.3 is 0 Å². The van der Waals surface area contributed by atoms with Gasteiger partial charge in [-0.2, -0.15) is 0 Å². The second kappa shape index (κ2) is 5.48. The number of para-hydroxylation sites is 1. The molecule has 1 atom stereocenters. The van der Waals surface area contributed by atoms with Crippen LogP contribution in [-0.4, -0.2) is 24.7 Å². The Morgan fingerprint density at radius 3 is 2.81 bits per heavy atom. The quantitative estimate of drug-likeness (QED) is 0.701. The molecule has 1 aromatic rings. The second-order valence-electron chi connectivity index (χ2n) is 3.36. The number of carbonyl (C=O) groups excluding carboxylic acids is 1. The molecular formula is C11H16N2O3. The fraction of sp³-hybridized carbons (Fsp3) is 0.364. The van der Waals surface area contributed by atoms with Crippen molar-refractivity contribution in [3.63, 3.8) is 0 Å². The fourth-order valence-corrected chi connectivity index (χ4v) is 1.43. The van der Waals surface area contributed by atoms with E-state index < -0.39 is 6.10 Å². The second-order valence-corrected chi connectivity index (χ2v) is 3.36. The minimum atomic E-state index is -0.822. The number of amides is 1. The van der Waals surface area contributed by atoms with Crippen LogP contribution in [-0.2, 0) is 4.79 Å². The predicted molar refractivity (Wildman–Crippen MR) is 61.3 cm³/mol. The summed E-state index contributed by atoms with van der Waals surface area (Å²) < 4.78 is 5.11. The molecular weight excluding hydrogens is 208 g/mol. The number of carbonyl (C=O) groups is 1. The lowest BCUT2D eigenvalue weighted by atomic mass is 10.1. The Morgan fingerprint density at radius 2 is 2.31 bits per heavy atom. The Morgan fingerprint density at radius 1 is 1.62 bits per heavy atom. The first-order chi connectivity index (χ1) is 7.60. The lowest BCUT2D eigenvalue weighted by molar-refractivity contribution is -0.114. The van der Waals surface area contributed by atoms with E-state index in [1.54, 1.807) is 18.2 Å². The van der Waals surface area contributed by atoms with E-state index >= 15 is 0 Å². The number of hydrogen-bond donors (Lipinski definition) is 3. The maximum Gasteiger partial charge on any atom is 0.221 e. The molecule has 0 radical (unpaired) electrons. The highest BCUT2D eigenvalue weighted by molar-refractivity contribution is 5.91. The maximum atomic E-state index is 11.1. The summed E-state index contributed by atoms with van der Waals surface area (Å²) in [7, 11) is 1.50. The number of ether oxygens (including phenoxy) is 1. The van der Waals surface area contributed by atoms with Crippen LogP contribution < -0.4 is 15.8 Å². The number of anilines is 1. The third-order valence-electron chi connectivity index (χ3n) is 2.16. The van der Waals surface area contributed by atoms with Crippen LogP contribution in [0.3, 0.4) is 0 Å². The van der Waals surface area contributed by atoms with Gasteiger partial charge in [0.15, 0.2) is 0 Å². The highest BCUT2D eigenvalue weighted by Crippen LogP contribution is 2.31. The van der Waals surface area contributed by atoms with Crippen LogP contribution in [0.25, 0.3) is 0 Å². The van der Waals surface area contributed by atoms with E-state index in [1.165, 1.54) is 14.0 Å². The molecule has 0 bridgehead atoms. The van der Waals surface area contributed by atoms with Crippen LogP contribution in [0.15, 0.2) is 18.2 Å². The molecule has 0 spiro atoms. The summed E-state index contributed by atoms with van der Waals surface area (Å²) in [6.07, 6.45) is -0.822. The van der Waals surface area contributed by atoms with Gasteiger partial charge in [0.25, 0.3) is 0 Å². The van der Waals surface area contributed by atoms with Crippen LogP contribution in [0, 0.1) is 0 Å². The largest absolute Gasteiger partial charge is 0.495 e. The SMILES string of the molecule is COc1cccc(C(O)CN)c1NC(C)=O. The Balaban J connectivity index is 3.19. The van der Waals surface area contributed by atoms with Crippen LogP contribution in [0.1, 0.15) is 18.6 Å². The van der Waals surface area contributed by atoms with Crippen molar-refractivity contribution >= 4 is 11.6 Å². The number of nitrogens with one attached hydrogen (secondary N) is 1. The Hall–Kier alpha value is -1.59. The first-order valence-electron chi connectivity index (χ1n) is 4.92. The van der Waals surface area contributed by atoms with Gasteiger partial charge in [-0.15, -0.1) is 0 Å². The highest BCUT2D eigenvalue weighted by atomic mass is 16.5. The van der Waals surface area contributed by atoms with E-state index in [0.29, 0.717) is 17.0 Å². The topological polar surface area (TPSA) is 84.6 Å². The van der Waals surface area contributed by atoms with Crippen molar-refractivity contribution in [2.75, 3.05) is 19.0 Å². The summed E-state index contributed by atoms with van der Waals surface area (Å²) in [5.74, 6) is 0.273. The van der Waals surface area contributed by atoms with Gasteiger partial charge in [-0.25, -0.2) is 0 Å². The molecule has 0 aliphatic rings. The predicted octanol–water partition coefficient (Wildman–Crippen LogP) is 0.646. The zero-order valence-corrected chi connectivity index (χ0v) is 9.36. The summed E-state index contributed by atoms with van der Waals surface area (Å²) in [4.78, 5) is 11.1. The summed E-state index contributed by atoms with van der Waals surface area (Å²) in [6, 6.07) is 5.14. The Labute approximate surface area is 94.2 Å². The van der Waals surface area contributed by atoms with Gasteiger partial charge in [-0.1, -0.05) is 12.1 Å². The molecule has 1 unspecified atom stereocenters. The molecule has 1 amide bonds. The Bertz CT molecular complexity index is 379. The summed E-state index contributed by atoms with van der Waals surface area (Å²) in [5.41, 5.74) is 6.41. The Kier molecular flexibility index (Phi) is 4.28. The van der Waals surface area contributed by atoms with Crippen molar-refractivity contribution in [2.24, 2.45) is 5.73 Å². The molecule has 0 saturated heterocycles. The van der Waals surface area contributed by atoms with Gasteiger partial charge in [0.1, 0.15) is 5.75 Å². The van der Waals surface area contributed by atoms with Gasteiger partial charge < -0.3 is 20.9 Å². The van der Waals surface area contributed by atoms with E-state index in [4.69, 9.17) is 10.5 Å². The first-order valence-corrected chi connectivity index (χ1v) is 4.92. The molecule has 4 N–H and O–H groups in total. The van der Waals surface area contributed by atoms with E-state index in [-0.39, 0.29) is 12.5 Å². The average molecular weight is 224 g/mol. The van der Waals surface area contributed by atoms with Gasteiger partial charge in [-0.3, -0.25) is 4.79 Å². The van der Waals surface area contributed by atoms with Crippen molar-refractivity contribution < 1.29 is 14.6 Å². The molecule has 0 aliphatic heterocycles. The van der Waals surface area contributed by atoms with Crippen molar-refractivity contribution in [3.05, 3.63) is 23.8 Å². The number of nitrogens with two attached hydrogens (primary N) is 1. The van der Waals surface area contributed by atoms with Crippen LogP contribution in [0.5, 0.6) is 5.75 Å². The minimum absolute atomic E-state index is 0.0831. The smallest absolute Gasteiger partial charge is 0.221 e. The van der Waals surface area contributed by atoms with Crippen molar-refractivity contribution in [1.82, 2.24) is 0 Å². The summed E-state index contributed by atoms with van der Waals surface area (Å²) in [5, 5.41) is 12.3. The summed E-state index contributed by atoms with van der Waals surface area (Å²) in [6.45, 7) is 1.48. The zero-order chi connectivity index (χ0) is 12.1. The standard InChI is InChI=1S/C11H16N2O3/c1-7(14)13-11-8(9(15)6-12)4-3-5-10(11)16-2/h3-5,9,15H,6,12H2,1-2H3,(H,13,14). The number of benzene rings is 1. The van der Waals surface area contributed by atoms with Crippen LogP contribution in [0.2, 0.25) is 0 Å². The van der Waals surface area contributed by atoms with E-state index in [1.807, 2.05) is 0 Å². The molecule has 1 aromatic carbocycles. The number of methoxy groups -OCH3 is 1. The summed E-state index contributed by atoms with van der Waals surface area (Å²) >= 11 is 0. The zero-order valence-electron chi connectivity index (χ0n) is 9.36. The van der Waals surface area contributed by atoms with Gasteiger partial charge in [0.05, 0.1) is 18.9 Å². The molecule has 0 saturated carbocycles. The van der Waals surface area contributed by atoms with Gasteiger partial charge in [0.2, 0.25) is 5.91 Å². The van der Waals surface area contributed by atoms with E-state index in [9.17, 15) is 9.90 Å². The number of aliphatic hydroxyl groups is 1. The molecule has 1 rings (SSSR count). The molecule has 5 nitrogen and oxygen atoms in total. The first kappa shape index (κ1) is 12.5. The van der Waals surface area contributed by atoms with Gasteiger partial charge in [0, 0.05) is 19.0 Å². The maximum absolute atomic E-state index is 11.1. The number of aliphatic hydroxyl groups excluding tert-OH is 1. The molecule has 0 aliphatic carbocycles. The fourth-order valence-electron chi connectivity index (χ4n) is 1.43. The van der Waals surface area contributed by atoms with Crippen molar-refractivity contribution in [3.8, 4) is 5.75 Å². The lowest BCUT2D eigenvalue weighted by Crippen LogP contribution is -2.16. The van der Waals surface area contributed by atoms with Gasteiger partial charge in [-0.05, 0) is 6.07 Å². The molecule has 5 heteroatoms. The van der Waals surface area contributed by atoms with E-state index in [0.717, 1.165) is 0 Å². The molecule has 0 heterocycles. The number of rotatable bonds is 4. The highest BCUT2D eigenvalue weighted by Gasteiger charge is 2.15. The third kappa shape index (κ3) is 2.71. The lowest BCUT2D eigenvalue weighted by Gasteiger charge is -2.17. The molecule has 88 valence electrons. The average Bonchev–Trinajstić information content (AvgIpc) is 2.27. The van der Waals surface area contributed by atoms with Crippen LogP contribution >= 0.6 is 0 Å². The molecule has 0 aromatic heterocycles. The normalized spacial score (nSPS) is 12.0. The van der Waals surface area contributed by atoms with E-state index in [2.05, 4.69) is 5.32 Å². The van der Waals surface area contributed by atoms with Crippen molar-refractivity contribution in [1.29, 1.82) is 0 Å². The van der Waals surface area contributed by atoms with Crippen LogP contribution in [0.4, 0.5) is 5.69 Å². The van der Waals surface area contributed by atoms with Crippen molar-refractivity contribution in [2.45, 2.75) is 13.0 Å². The monoisotopic (exact) mass is 224 g/mol. The molecule has 16 heavy (non-hydrogen) atoms. The third-order valence-corrected chi connectivity index (χ3v) is 2.16.